The topological polar surface area (TPSA) is 91.4 Å². The number of halogens is 1. The van der Waals surface area contributed by atoms with E-state index in [9.17, 15) is 18.8 Å². The van der Waals surface area contributed by atoms with E-state index in [1.165, 1.54) is 37.0 Å². The SMILES string of the molecule is CON(CC1CCN(c2ccc(N3CC(CNC(C)=O)OC3=O)cc2F)C1)C(C)=O. The van der Waals surface area contributed by atoms with Gasteiger partial charge in [0.15, 0.2) is 0 Å². The minimum absolute atomic E-state index is 0.166. The number of ether oxygens (including phenoxy) is 1. The van der Waals surface area contributed by atoms with E-state index < -0.39 is 18.0 Å². The standard InChI is InChI=1S/C20H27FN4O5/c1-13(26)22-9-17-12-24(20(28)30-17)16-4-5-19(18(21)8-16)23-7-6-15(10-23)11-25(29-3)14(2)27/h4-5,8,15,17H,6-7,9-12H2,1-3H3,(H,22,26). The molecule has 3 amide bonds. The molecular formula is C20H27FN4O5. The number of cyclic esters (lactones) is 1. The van der Waals surface area contributed by atoms with Crippen LogP contribution < -0.4 is 15.1 Å². The van der Waals surface area contributed by atoms with Gasteiger partial charge in [-0.2, -0.15) is 0 Å². The van der Waals surface area contributed by atoms with Gasteiger partial charge in [0.2, 0.25) is 11.8 Å². The van der Waals surface area contributed by atoms with Gasteiger partial charge in [-0.3, -0.25) is 19.3 Å². The largest absolute Gasteiger partial charge is 0.442 e. The highest BCUT2D eigenvalue weighted by Gasteiger charge is 2.33. The lowest BCUT2D eigenvalue weighted by Gasteiger charge is -2.23. The van der Waals surface area contributed by atoms with E-state index in [1.807, 2.05) is 4.90 Å². The number of carbonyl (C=O) groups excluding carboxylic acids is 3. The molecule has 10 heteroatoms. The van der Waals surface area contributed by atoms with Crippen LogP contribution in [0.15, 0.2) is 18.2 Å². The van der Waals surface area contributed by atoms with Crippen LogP contribution in [0.3, 0.4) is 0 Å². The van der Waals surface area contributed by atoms with Crippen molar-refractivity contribution in [2.45, 2.75) is 26.4 Å². The van der Waals surface area contributed by atoms with Gasteiger partial charge in [0.25, 0.3) is 0 Å². The van der Waals surface area contributed by atoms with Crippen LogP contribution in [-0.2, 0) is 19.2 Å². The van der Waals surface area contributed by atoms with E-state index in [4.69, 9.17) is 9.57 Å². The van der Waals surface area contributed by atoms with E-state index in [0.29, 0.717) is 31.0 Å². The average Bonchev–Trinajstić information content (AvgIpc) is 3.30. The Hall–Kier alpha value is -2.88. The molecule has 3 rings (SSSR count). The number of hydrogen-bond donors (Lipinski definition) is 1. The summed E-state index contributed by atoms with van der Waals surface area (Å²) in [7, 11) is 1.45. The number of amides is 3. The fraction of sp³-hybridized carbons (Fsp3) is 0.550. The second kappa shape index (κ2) is 9.29. The van der Waals surface area contributed by atoms with Crippen LogP contribution in [0.5, 0.6) is 0 Å². The summed E-state index contributed by atoms with van der Waals surface area (Å²) >= 11 is 0. The Kier molecular flexibility index (Phi) is 6.76. The average molecular weight is 422 g/mol. The summed E-state index contributed by atoms with van der Waals surface area (Å²) in [6.07, 6.45) is -0.228. The predicted octanol–water partition coefficient (Wildman–Crippen LogP) is 1.52. The normalized spacial score (nSPS) is 21.0. The zero-order valence-corrected chi connectivity index (χ0v) is 17.4. The summed E-state index contributed by atoms with van der Waals surface area (Å²) in [6, 6.07) is 4.66. The molecule has 0 radical (unpaired) electrons. The third-order valence-electron chi connectivity index (χ3n) is 5.32. The summed E-state index contributed by atoms with van der Waals surface area (Å²) in [6.45, 7) is 5.01. The van der Waals surface area contributed by atoms with Gasteiger partial charge in [-0.15, -0.1) is 0 Å². The second-order valence-corrected chi connectivity index (χ2v) is 7.55. The van der Waals surface area contributed by atoms with Crippen molar-refractivity contribution in [2.75, 3.05) is 49.6 Å². The molecule has 2 fully saturated rings. The third-order valence-corrected chi connectivity index (χ3v) is 5.32. The van der Waals surface area contributed by atoms with Crippen LogP contribution in [0.1, 0.15) is 20.3 Å². The summed E-state index contributed by atoms with van der Waals surface area (Å²) in [5.41, 5.74) is 0.861. The Morgan fingerprint density at radius 1 is 1.33 bits per heavy atom. The Balaban J connectivity index is 1.63. The van der Waals surface area contributed by atoms with E-state index in [0.717, 1.165) is 6.42 Å². The molecular weight excluding hydrogens is 395 g/mol. The molecule has 1 aromatic rings. The van der Waals surface area contributed by atoms with Gasteiger partial charge in [-0.05, 0) is 30.5 Å². The molecule has 9 nitrogen and oxygen atoms in total. The quantitative estimate of drug-likeness (QED) is 0.670. The highest BCUT2D eigenvalue weighted by Crippen LogP contribution is 2.31. The number of anilines is 2. The van der Waals surface area contributed by atoms with Crippen LogP contribution >= 0.6 is 0 Å². The Morgan fingerprint density at radius 2 is 2.10 bits per heavy atom. The summed E-state index contributed by atoms with van der Waals surface area (Å²) in [4.78, 5) is 43.0. The first-order chi connectivity index (χ1) is 14.3. The zero-order valence-electron chi connectivity index (χ0n) is 17.4. The number of hydroxylamine groups is 2. The highest BCUT2D eigenvalue weighted by molar-refractivity contribution is 5.90. The van der Waals surface area contributed by atoms with Gasteiger partial charge in [0.05, 0.1) is 38.1 Å². The fourth-order valence-electron chi connectivity index (χ4n) is 3.78. The van der Waals surface area contributed by atoms with Crippen molar-refractivity contribution in [3.8, 4) is 0 Å². The number of nitrogens with zero attached hydrogens (tertiary/aromatic N) is 3. The molecule has 0 aliphatic carbocycles. The van der Waals surface area contributed by atoms with Gasteiger partial charge in [0.1, 0.15) is 11.9 Å². The van der Waals surface area contributed by atoms with Gasteiger partial charge >= 0.3 is 6.09 Å². The lowest BCUT2D eigenvalue weighted by Crippen LogP contribution is -2.34. The highest BCUT2D eigenvalue weighted by atomic mass is 19.1. The Labute approximate surface area is 174 Å². The van der Waals surface area contributed by atoms with Crippen molar-refractivity contribution in [2.24, 2.45) is 5.92 Å². The zero-order chi connectivity index (χ0) is 21.8. The van der Waals surface area contributed by atoms with Gasteiger partial charge in [-0.25, -0.2) is 14.2 Å². The maximum Gasteiger partial charge on any atom is 0.414 e. The van der Waals surface area contributed by atoms with E-state index >= 15 is 0 Å². The first-order valence-corrected chi connectivity index (χ1v) is 9.87. The van der Waals surface area contributed by atoms with Gasteiger partial charge < -0.3 is 15.0 Å². The summed E-state index contributed by atoms with van der Waals surface area (Å²) in [5, 5.41) is 3.92. The monoisotopic (exact) mass is 422 g/mol. The van der Waals surface area contributed by atoms with Crippen molar-refractivity contribution in [1.29, 1.82) is 0 Å². The molecule has 30 heavy (non-hydrogen) atoms. The summed E-state index contributed by atoms with van der Waals surface area (Å²) < 4.78 is 20.1. The molecule has 2 saturated heterocycles. The molecule has 0 spiro atoms. The number of carbonyl (C=O) groups is 3. The fourth-order valence-corrected chi connectivity index (χ4v) is 3.78. The molecule has 1 aromatic carbocycles. The second-order valence-electron chi connectivity index (χ2n) is 7.55. The first-order valence-electron chi connectivity index (χ1n) is 9.87. The molecule has 2 atom stereocenters. The van der Waals surface area contributed by atoms with Crippen molar-refractivity contribution >= 4 is 29.3 Å². The van der Waals surface area contributed by atoms with Crippen molar-refractivity contribution in [1.82, 2.24) is 10.4 Å². The Bertz CT molecular complexity index is 820. The van der Waals surface area contributed by atoms with Crippen molar-refractivity contribution in [3.63, 3.8) is 0 Å². The maximum atomic E-state index is 14.9. The predicted molar refractivity (Wildman–Crippen MR) is 107 cm³/mol. The van der Waals surface area contributed by atoms with Crippen molar-refractivity contribution in [3.05, 3.63) is 24.0 Å². The molecule has 0 aromatic heterocycles. The van der Waals surface area contributed by atoms with Crippen LogP contribution in [0.4, 0.5) is 20.6 Å². The smallest absolute Gasteiger partial charge is 0.414 e. The van der Waals surface area contributed by atoms with Crippen LogP contribution in [0.25, 0.3) is 0 Å². The molecule has 2 aliphatic rings. The van der Waals surface area contributed by atoms with Gasteiger partial charge in [0, 0.05) is 26.9 Å². The van der Waals surface area contributed by atoms with Crippen LogP contribution in [-0.4, -0.2) is 68.9 Å². The molecule has 2 unspecified atom stereocenters. The molecule has 2 aliphatic heterocycles. The maximum absolute atomic E-state index is 14.9. The lowest BCUT2D eigenvalue weighted by molar-refractivity contribution is -0.176. The van der Waals surface area contributed by atoms with Crippen LogP contribution in [0, 0.1) is 11.7 Å². The van der Waals surface area contributed by atoms with Gasteiger partial charge in [-0.1, -0.05) is 0 Å². The lowest BCUT2D eigenvalue weighted by atomic mass is 10.1. The van der Waals surface area contributed by atoms with Crippen LogP contribution in [0.2, 0.25) is 0 Å². The molecule has 1 N–H and O–H groups in total. The van der Waals surface area contributed by atoms with E-state index in [1.54, 1.807) is 12.1 Å². The third kappa shape index (κ3) is 4.99. The first kappa shape index (κ1) is 21.8. The Morgan fingerprint density at radius 3 is 2.73 bits per heavy atom. The number of benzene rings is 1. The number of hydrogen-bond acceptors (Lipinski definition) is 6. The number of nitrogens with one attached hydrogen (secondary N) is 1. The van der Waals surface area contributed by atoms with Crippen molar-refractivity contribution < 1.29 is 28.3 Å². The molecule has 2 heterocycles. The van der Waals surface area contributed by atoms with E-state index in [2.05, 4.69) is 5.32 Å². The number of rotatable bonds is 7. The minimum Gasteiger partial charge on any atom is -0.442 e. The molecule has 164 valence electrons. The minimum atomic E-state index is -0.567. The molecule has 0 bridgehead atoms. The summed E-state index contributed by atoms with van der Waals surface area (Å²) in [5.74, 6) is -0.626. The van der Waals surface area contributed by atoms with E-state index in [-0.39, 0.29) is 30.8 Å². The molecule has 0 saturated carbocycles.